The highest BCUT2D eigenvalue weighted by Gasteiger charge is 2.46. The Bertz CT molecular complexity index is 662. The molecule has 0 aromatic heterocycles. The van der Waals surface area contributed by atoms with Gasteiger partial charge < -0.3 is 24.1 Å². The number of esters is 2. The minimum absolute atomic E-state index is 0.118. The minimum Gasteiger partial charge on any atom is -0.455 e. The number of nitro groups is 1. The summed E-state index contributed by atoms with van der Waals surface area (Å²) < 4.78 is 20.8. The predicted octanol–water partition coefficient (Wildman–Crippen LogP) is 0.554. The van der Waals surface area contributed by atoms with Gasteiger partial charge in [0.15, 0.2) is 11.9 Å². The number of aliphatic hydroxyl groups is 1. The predicted molar refractivity (Wildman–Crippen MR) is 80.6 cm³/mol. The SMILES string of the molecule is CC(=O)O[C@@H]1[C@@H](Oc2ccccc2[N+](=O)[O-])OC[C@H](O)[C@H]1OC(C)=O. The molecule has 10 nitrogen and oxygen atoms in total. The van der Waals surface area contributed by atoms with E-state index in [1.807, 2.05) is 0 Å². The molecule has 10 heteroatoms. The second kappa shape index (κ2) is 7.90. The second-order valence-electron chi connectivity index (χ2n) is 5.26. The summed E-state index contributed by atoms with van der Waals surface area (Å²) in [6.07, 6.45) is -5.09. The fraction of sp³-hybridized carbons (Fsp3) is 0.467. The summed E-state index contributed by atoms with van der Waals surface area (Å²) in [6, 6.07) is 5.56. The number of carbonyl (C=O) groups excluding carboxylic acids is 2. The van der Waals surface area contributed by atoms with E-state index in [-0.39, 0.29) is 18.0 Å². The van der Waals surface area contributed by atoms with Crippen molar-refractivity contribution in [2.24, 2.45) is 0 Å². The first-order valence-corrected chi connectivity index (χ1v) is 7.33. The Kier molecular flexibility index (Phi) is 5.88. The molecule has 1 aliphatic heterocycles. The number of benzene rings is 1. The van der Waals surface area contributed by atoms with Gasteiger partial charge in [0.2, 0.25) is 12.4 Å². The van der Waals surface area contributed by atoms with E-state index in [1.165, 1.54) is 24.3 Å². The van der Waals surface area contributed by atoms with Crippen LogP contribution in [0, 0.1) is 10.1 Å². The van der Waals surface area contributed by atoms with Gasteiger partial charge in [-0.25, -0.2) is 0 Å². The molecule has 0 radical (unpaired) electrons. The third-order valence-corrected chi connectivity index (χ3v) is 3.31. The average Bonchev–Trinajstić information content (AvgIpc) is 2.53. The van der Waals surface area contributed by atoms with Crippen molar-refractivity contribution in [2.75, 3.05) is 6.61 Å². The molecule has 0 bridgehead atoms. The number of para-hydroxylation sites is 2. The first kappa shape index (κ1) is 18.6. The van der Waals surface area contributed by atoms with E-state index in [4.69, 9.17) is 18.9 Å². The fourth-order valence-corrected chi connectivity index (χ4v) is 2.34. The molecule has 0 amide bonds. The number of hydrogen-bond acceptors (Lipinski definition) is 9. The maximum absolute atomic E-state index is 11.4. The Hall–Kier alpha value is -2.72. The molecule has 136 valence electrons. The normalized spacial score (nSPS) is 25.7. The monoisotopic (exact) mass is 355 g/mol. The van der Waals surface area contributed by atoms with Crippen molar-refractivity contribution in [3.63, 3.8) is 0 Å². The van der Waals surface area contributed by atoms with Crippen LogP contribution >= 0.6 is 0 Å². The van der Waals surface area contributed by atoms with Gasteiger partial charge in [-0.05, 0) is 6.07 Å². The van der Waals surface area contributed by atoms with Crippen LogP contribution in [0.15, 0.2) is 24.3 Å². The first-order valence-electron chi connectivity index (χ1n) is 7.33. The van der Waals surface area contributed by atoms with Crippen LogP contribution < -0.4 is 4.74 Å². The Morgan fingerprint density at radius 1 is 1.20 bits per heavy atom. The number of rotatable bonds is 5. The third-order valence-electron chi connectivity index (χ3n) is 3.31. The summed E-state index contributed by atoms with van der Waals surface area (Å²) >= 11 is 0. The minimum atomic E-state index is -1.31. The Balaban J connectivity index is 2.29. The number of carbonyl (C=O) groups is 2. The zero-order valence-corrected chi connectivity index (χ0v) is 13.5. The van der Waals surface area contributed by atoms with Crippen LogP contribution in [-0.4, -0.2) is 53.2 Å². The quantitative estimate of drug-likeness (QED) is 0.456. The van der Waals surface area contributed by atoms with Crippen molar-refractivity contribution >= 4 is 17.6 Å². The number of nitrogens with zero attached hydrogens (tertiary/aromatic N) is 1. The van der Waals surface area contributed by atoms with Gasteiger partial charge in [0.05, 0.1) is 11.5 Å². The van der Waals surface area contributed by atoms with Gasteiger partial charge >= 0.3 is 17.6 Å². The van der Waals surface area contributed by atoms with E-state index in [0.717, 1.165) is 13.8 Å². The molecule has 1 N–H and O–H groups in total. The van der Waals surface area contributed by atoms with Crippen LogP contribution in [-0.2, 0) is 23.8 Å². The molecular formula is C15H17NO9. The first-order chi connectivity index (χ1) is 11.8. The van der Waals surface area contributed by atoms with Crippen molar-refractivity contribution in [3.8, 4) is 5.75 Å². The van der Waals surface area contributed by atoms with Gasteiger partial charge in [-0.3, -0.25) is 19.7 Å². The van der Waals surface area contributed by atoms with Crippen molar-refractivity contribution in [3.05, 3.63) is 34.4 Å². The molecular weight excluding hydrogens is 338 g/mol. The lowest BCUT2D eigenvalue weighted by molar-refractivity contribution is -0.386. The van der Waals surface area contributed by atoms with E-state index >= 15 is 0 Å². The number of aliphatic hydroxyl groups excluding tert-OH is 1. The van der Waals surface area contributed by atoms with E-state index in [0.29, 0.717) is 0 Å². The highest BCUT2D eigenvalue weighted by Crippen LogP contribution is 2.30. The van der Waals surface area contributed by atoms with Crippen LogP contribution in [0.1, 0.15) is 13.8 Å². The molecule has 0 spiro atoms. The largest absolute Gasteiger partial charge is 0.455 e. The fourth-order valence-electron chi connectivity index (χ4n) is 2.34. The molecule has 25 heavy (non-hydrogen) atoms. The Labute approximate surface area is 142 Å². The van der Waals surface area contributed by atoms with E-state index in [2.05, 4.69) is 0 Å². The topological polar surface area (TPSA) is 134 Å². The zero-order valence-electron chi connectivity index (χ0n) is 13.5. The standard InChI is InChI=1S/C15H17NO9/c1-8(17)23-13-11(19)7-22-15(14(13)24-9(2)18)25-12-6-4-3-5-10(12)16(20)21/h3-6,11,13-15,19H,7H2,1-2H3/t11-,13+,14-,15+/m0/s1. The van der Waals surface area contributed by atoms with Gasteiger partial charge in [-0.1, -0.05) is 12.1 Å². The summed E-state index contributed by atoms with van der Waals surface area (Å²) in [5, 5.41) is 21.0. The van der Waals surface area contributed by atoms with E-state index in [9.17, 15) is 24.8 Å². The average molecular weight is 355 g/mol. The molecule has 1 aromatic rings. The second-order valence-corrected chi connectivity index (χ2v) is 5.26. The Morgan fingerprint density at radius 2 is 1.80 bits per heavy atom. The van der Waals surface area contributed by atoms with Crippen LogP contribution in [0.2, 0.25) is 0 Å². The summed E-state index contributed by atoms with van der Waals surface area (Å²) in [4.78, 5) is 33.0. The molecule has 0 aliphatic carbocycles. The smallest absolute Gasteiger partial charge is 0.311 e. The van der Waals surface area contributed by atoms with Gasteiger partial charge in [0, 0.05) is 19.9 Å². The zero-order chi connectivity index (χ0) is 18.6. The van der Waals surface area contributed by atoms with Gasteiger partial charge in [0.25, 0.3) is 0 Å². The molecule has 1 aromatic carbocycles. The molecule has 1 heterocycles. The maximum Gasteiger partial charge on any atom is 0.311 e. The highest BCUT2D eigenvalue weighted by atomic mass is 16.7. The number of hydrogen-bond donors (Lipinski definition) is 1. The summed E-state index contributed by atoms with van der Waals surface area (Å²) in [5.41, 5.74) is -0.317. The number of nitro benzene ring substituents is 1. The third kappa shape index (κ3) is 4.64. The lowest BCUT2D eigenvalue weighted by Crippen LogP contribution is -2.58. The van der Waals surface area contributed by atoms with Crippen molar-refractivity contribution in [1.29, 1.82) is 0 Å². The summed E-state index contributed by atoms with van der Waals surface area (Å²) in [7, 11) is 0. The molecule has 0 unspecified atom stereocenters. The van der Waals surface area contributed by atoms with Crippen molar-refractivity contribution < 1.29 is 38.6 Å². The van der Waals surface area contributed by atoms with Crippen molar-refractivity contribution in [2.45, 2.75) is 38.4 Å². The molecule has 0 saturated carbocycles. The van der Waals surface area contributed by atoms with Gasteiger partial charge in [-0.15, -0.1) is 0 Å². The van der Waals surface area contributed by atoms with Crippen LogP contribution in [0.3, 0.4) is 0 Å². The van der Waals surface area contributed by atoms with Gasteiger partial charge in [-0.2, -0.15) is 0 Å². The summed E-state index contributed by atoms with van der Waals surface area (Å²) in [5.74, 6) is -1.55. The van der Waals surface area contributed by atoms with E-state index in [1.54, 1.807) is 0 Å². The lowest BCUT2D eigenvalue weighted by atomic mass is 10.0. The van der Waals surface area contributed by atoms with Crippen LogP contribution in [0.4, 0.5) is 5.69 Å². The molecule has 1 aliphatic rings. The Morgan fingerprint density at radius 3 is 2.40 bits per heavy atom. The summed E-state index contributed by atoms with van der Waals surface area (Å²) in [6.45, 7) is 1.97. The van der Waals surface area contributed by atoms with E-state index < -0.39 is 41.5 Å². The molecule has 1 saturated heterocycles. The van der Waals surface area contributed by atoms with Crippen LogP contribution in [0.5, 0.6) is 5.75 Å². The number of ether oxygens (including phenoxy) is 4. The van der Waals surface area contributed by atoms with Gasteiger partial charge in [0.1, 0.15) is 6.10 Å². The molecule has 2 rings (SSSR count). The molecule has 4 atom stereocenters. The molecule has 1 fully saturated rings. The highest BCUT2D eigenvalue weighted by molar-refractivity contribution is 5.67. The maximum atomic E-state index is 11.4. The lowest BCUT2D eigenvalue weighted by Gasteiger charge is -2.38. The van der Waals surface area contributed by atoms with Crippen molar-refractivity contribution in [1.82, 2.24) is 0 Å². The van der Waals surface area contributed by atoms with Crippen LogP contribution in [0.25, 0.3) is 0 Å².